The molecule has 1 N–H and O–H groups in total. The second-order valence-electron chi connectivity index (χ2n) is 4.78. The first-order chi connectivity index (χ1) is 10.6. The molecule has 3 aromatic rings. The van der Waals surface area contributed by atoms with E-state index in [-0.39, 0.29) is 6.61 Å². The van der Waals surface area contributed by atoms with Crippen molar-refractivity contribution in [1.82, 2.24) is 4.98 Å². The minimum atomic E-state index is -0.857. The number of aromatic nitrogens is 1. The molecule has 0 fully saturated rings. The van der Waals surface area contributed by atoms with Gasteiger partial charge in [0.15, 0.2) is 0 Å². The quantitative estimate of drug-likeness (QED) is 0.438. The number of rotatable bonds is 4. The molecule has 1 heterocycles. The topological polar surface area (TPSA) is 59.2 Å². The van der Waals surface area contributed by atoms with Crippen LogP contribution < -0.4 is 0 Å². The van der Waals surface area contributed by atoms with Gasteiger partial charge >= 0.3 is 5.97 Å². The minimum absolute atomic E-state index is 0.0808. The zero-order valence-electron chi connectivity index (χ0n) is 11.5. The summed E-state index contributed by atoms with van der Waals surface area (Å²) in [6.07, 6.45) is 1.53. The monoisotopic (exact) mass is 357 g/mol. The molecule has 0 bridgehead atoms. The molecule has 0 aliphatic carbocycles. The molecule has 2 aromatic carbocycles. The lowest BCUT2D eigenvalue weighted by Gasteiger charge is -2.03. The molecule has 0 aliphatic heterocycles. The normalized spacial score (nSPS) is 10.6. The molecule has 0 saturated carbocycles. The third-order valence-electron chi connectivity index (χ3n) is 3.29. The van der Waals surface area contributed by atoms with Crippen LogP contribution in [-0.4, -0.2) is 16.7 Å². The van der Waals surface area contributed by atoms with Crippen molar-refractivity contribution in [3.63, 3.8) is 0 Å². The van der Waals surface area contributed by atoms with Gasteiger partial charge in [0.1, 0.15) is 6.61 Å². The van der Waals surface area contributed by atoms with Crippen LogP contribution in [-0.2, 0) is 16.1 Å². The maximum absolute atomic E-state index is 12.2. The number of hydrogen-bond acceptors (Lipinski definition) is 3. The fraction of sp³-hybridized carbons (Fsp3) is 0.0588. The highest BCUT2D eigenvalue weighted by molar-refractivity contribution is 9.10. The predicted molar refractivity (Wildman–Crippen MR) is 86.6 cm³/mol. The zero-order chi connectivity index (χ0) is 15.5. The van der Waals surface area contributed by atoms with Crippen molar-refractivity contribution in [2.45, 2.75) is 6.61 Å². The van der Waals surface area contributed by atoms with E-state index in [1.807, 2.05) is 42.5 Å². The number of halogens is 1. The van der Waals surface area contributed by atoms with Crippen molar-refractivity contribution in [2.75, 3.05) is 0 Å². The van der Waals surface area contributed by atoms with Gasteiger partial charge in [0.2, 0.25) is 0 Å². The number of ether oxygens (including phenoxy) is 1. The number of hydrogen-bond donors (Lipinski definition) is 1. The third-order valence-corrected chi connectivity index (χ3v) is 3.78. The number of ketones is 1. The number of nitrogens with one attached hydrogen (secondary N) is 1. The van der Waals surface area contributed by atoms with Crippen LogP contribution in [0.5, 0.6) is 0 Å². The molecule has 3 rings (SSSR count). The van der Waals surface area contributed by atoms with Gasteiger partial charge in [-0.15, -0.1) is 0 Å². The van der Waals surface area contributed by atoms with E-state index in [2.05, 4.69) is 20.9 Å². The van der Waals surface area contributed by atoms with E-state index in [4.69, 9.17) is 4.74 Å². The fourth-order valence-electron chi connectivity index (χ4n) is 2.18. The highest BCUT2D eigenvalue weighted by atomic mass is 79.9. The molecule has 0 amide bonds. The maximum Gasteiger partial charge on any atom is 0.380 e. The first-order valence-electron chi connectivity index (χ1n) is 6.67. The van der Waals surface area contributed by atoms with Crippen molar-refractivity contribution in [1.29, 1.82) is 0 Å². The summed E-state index contributed by atoms with van der Waals surface area (Å²) in [5.41, 5.74) is 1.95. The van der Waals surface area contributed by atoms with Crippen LogP contribution in [0.3, 0.4) is 0 Å². The summed E-state index contributed by atoms with van der Waals surface area (Å²) in [5.74, 6) is -1.51. The van der Waals surface area contributed by atoms with Crippen LogP contribution in [0.25, 0.3) is 10.9 Å². The van der Waals surface area contributed by atoms with Gasteiger partial charge in [-0.3, -0.25) is 4.79 Å². The van der Waals surface area contributed by atoms with Crippen molar-refractivity contribution < 1.29 is 14.3 Å². The SMILES string of the molecule is O=C(OCc1ccccc1)C(=O)c1c[nH]c2ccc(Br)cc12. The van der Waals surface area contributed by atoms with Gasteiger partial charge in [-0.25, -0.2) is 4.79 Å². The van der Waals surface area contributed by atoms with E-state index in [9.17, 15) is 9.59 Å². The molecule has 0 saturated heterocycles. The van der Waals surface area contributed by atoms with Crippen LogP contribution in [0.1, 0.15) is 15.9 Å². The first-order valence-corrected chi connectivity index (χ1v) is 7.46. The number of Topliss-reactive ketones (excluding diaryl/α,β-unsaturated/α-hetero) is 1. The lowest BCUT2D eigenvalue weighted by Crippen LogP contribution is -2.17. The molecular weight excluding hydrogens is 346 g/mol. The second-order valence-corrected chi connectivity index (χ2v) is 5.70. The molecular formula is C17H12BrNO3. The zero-order valence-corrected chi connectivity index (χ0v) is 13.1. The Morgan fingerprint density at radius 2 is 1.86 bits per heavy atom. The van der Waals surface area contributed by atoms with Crippen LogP contribution in [0.4, 0.5) is 0 Å². The van der Waals surface area contributed by atoms with Crippen LogP contribution in [0.2, 0.25) is 0 Å². The number of benzene rings is 2. The highest BCUT2D eigenvalue weighted by Gasteiger charge is 2.21. The average molecular weight is 358 g/mol. The molecule has 22 heavy (non-hydrogen) atoms. The Morgan fingerprint density at radius 1 is 1.09 bits per heavy atom. The smallest absolute Gasteiger partial charge is 0.380 e. The third kappa shape index (κ3) is 2.94. The van der Waals surface area contributed by atoms with E-state index < -0.39 is 11.8 Å². The summed E-state index contributed by atoms with van der Waals surface area (Å²) in [6, 6.07) is 14.7. The van der Waals surface area contributed by atoms with Gasteiger partial charge in [0.05, 0.1) is 5.56 Å². The number of carbonyl (C=O) groups excluding carboxylic acids is 2. The van der Waals surface area contributed by atoms with Gasteiger partial charge < -0.3 is 9.72 Å². The number of aromatic amines is 1. The Balaban J connectivity index is 1.77. The Morgan fingerprint density at radius 3 is 2.64 bits per heavy atom. The number of carbonyl (C=O) groups is 2. The Bertz CT molecular complexity index is 839. The number of H-pyrrole nitrogens is 1. The molecule has 0 spiro atoms. The van der Waals surface area contributed by atoms with Gasteiger partial charge in [-0.1, -0.05) is 46.3 Å². The summed E-state index contributed by atoms with van der Waals surface area (Å²) < 4.78 is 5.92. The molecule has 0 aliphatic rings. The standard InChI is InChI=1S/C17H12BrNO3/c18-12-6-7-15-13(8-12)14(9-19-15)16(20)17(21)22-10-11-4-2-1-3-5-11/h1-9,19H,10H2. The van der Waals surface area contributed by atoms with E-state index in [0.29, 0.717) is 10.9 Å². The van der Waals surface area contributed by atoms with Gasteiger partial charge in [0.25, 0.3) is 5.78 Å². The highest BCUT2D eigenvalue weighted by Crippen LogP contribution is 2.23. The van der Waals surface area contributed by atoms with Gasteiger partial charge in [-0.05, 0) is 23.8 Å². The number of esters is 1. The molecule has 1 aromatic heterocycles. The average Bonchev–Trinajstić information content (AvgIpc) is 2.95. The fourth-order valence-corrected chi connectivity index (χ4v) is 2.54. The summed E-state index contributed by atoms with van der Waals surface area (Å²) in [4.78, 5) is 27.2. The summed E-state index contributed by atoms with van der Waals surface area (Å²) in [6.45, 7) is 0.0808. The van der Waals surface area contributed by atoms with E-state index in [1.54, 1.807) is 6.07 Å². The van der Waals surface area contributed by atoms with Crippen molar-refractivity contribution in [3.05, 3.63) is 70.3 Å². The molecule has 5 heteroatoms. The van der Waals surface area contributed by atoms with Crippen LogP contribution in [0.15, 0.2) is 59.2 Å². The minimum Gasteiger partial charge on any atom is -0.455 e. The molecule has 0 unspecified atom stereocenters. The van der Waals surface area contributed by atoms with E-state index in [0.717, 1.165) is 15.6 Å². The van der Waals surface area contributed by atoms with Crippen molar-refractivity contribution in [3.8, 4) is 0 Å². The van der Waals surface area contributed by atoms with Gasteiger partial charge in [0, 0.05) is 21.6 Å². The summed E-state index contributed by atoms with van der Waals surface area (Å²) in [5, 5.41) is 0.691. The molecule has 0 radical (unpaired) electrons. The summed E-state index contributed by atoms with van der Waals surface area (Å²) in [7, 11) is 0. The predicted octanol–water partition coefficient (Wildman–Crippen LogP) is 3.86. The van der Waals surface area contributed by atoms with Gasteiger partial charge in [-0.2, -0.15) is 0 Å². The Kier molecular flexibility index (Phi) is 4.06. The molecule has 4 nitrogen and oxygen atoms in total. The Hall–Kier alpha value is -2.40. The largest absolute Gasteiger partial charge is 0.455 e. The maximum atomic E-state index is 12.2. The van der Waals surface area contributed by atoms with Crippen LogP contribution in [0, 0.1) is 0 Å². The van der Waals surface area contributed by atoms with E-state index >= 15 is 0 Å². The summed E-state index contributed by atoms with van der Waals surface area (Å²) >= 11 is 3.36. The van der Waals surface area contributed by atoms with Crippen molar-refractivity contribution >= 4 is 38.6 Å². The van der Waals surface area contributed by atoms with E-state index in [1.165, 1.54) is 6.20 Å². The molecule has 110 valence electrons. The molecule has 0 atom stereocenters. The second kappa shape index (κ2) is 6.15. The lowest BCUT2D eigenvalue weighted by molar-refractivity contribution is -0.139. The number of fused-ring (bicyclic) bond motifs is 1. The lowest BCUT2D eigenvalue weighted by atomic mass is 10.1. The Labute approximate surface area is 135 Å². The first kappa shape index (κ1) is 14.5. The van der Waals surface area contributed by atoms with Crippen molar-refractivity contribution in [2.24, 2.45) is 0 Å². The van der Waals surface area contributed by atoms with Crippen LogP contribution >= 0.6 is 15.9 Å².